The van der Waals surface area contributed by atoms with Gasteiger partial charge in [0.25, 0.3) is 11.8 Å². The molecule has 0 spiro atoms. The number of halogens is 2. The molecule has 6 nitrogen and oxygen atoms in total. The summed E-state index contributed by atoms with van der Waals surface area (Å²) in [6.45, 7) is 0.673. The van der Waals surface area contributed by atoms with Gasteiger partial charge in [-0.05, 0) is 36.4 Å². The van der Waals surface area contributed by atoms with Crippen LogP contribution in [-0.4, -0.2) is 35.9 Å². The van der Waals surface area contributed by atoms with E-state index < -0.39 is 10.7 Å². The molecular weight excluding hydrogens is 379 g/mol. The Morgan fingerprint density at radius 2 is 1.77 bits per heavy atom. The van der Waals surface area contributed by atoms with E-state index in [0.29, 0.717) is 35.9 Å². The Labute approximate surface area is 160 Å². The lowest BCUT2D eigenvalue weighted by molar-refractivity contribution is -0.114. The summed E-state index contributed by atoms with van der Waals surface area (Å²) >= 11 is 10.9. The molecule has 1 aliphatic rings. The van der Waals surface area contributed by atoms with Crippen LogP contribution in [-0.2, 0) is 4.79 Å². The van der Waals surface area contributed by atoms with Crippen molar-refractivity contribution >= 4 is 40.7 Å². The van der Waals surface area contributed by atoms with E-state index in [1.165, 1.54) is 0 Å². The SMILES string of the molecule is O=C(NCC1COc2ccccc2O1)c1ccc(NC(=O)C(Cl)Cl)cc1. The fraction of sp³-hybridized carbons (Fsp3) is 0.222. The average molecular weight is 395 g/mol. The van der Waals surface area contributed by atoms with Gasteiger partial charge in [-0.25, -0.2) is 0 Å². The van der Waals surface area contributed by atoms with Gasteiger partial charge >= 0.3 is 0 Å². The highest BCUT2D eigenvalue weighted by Crippen LogP contribution is 2.30. The minimum atomic E-state index is -1.15. The van der Waals surface area contributed by atoms with E-state index in [1.807, 2.05) is 24.3 Å². The van der Waals surface area contributed by atoms with Crippen LogP contribution in [0.2, 0.25) is 0 Å². The maximum absolute atomic E-state index is 12.2. The van der Waals surface area contributed by atoms with Crippen LogP contribution in [0.4, 0.5) is 5.69 Å². The van der Waals surface area contributed by atoms with Crippen LogP contribution < -0.4 is 20.1 Å². The zero-order valence-corrected chi connectivity index (χ0v) is 15.1. The molecule has 136 valence electrons. The van der Waals surface area contributed by atoms with Crippen molar-refractivity contribution in [2.45, 2.75) is 10.9 Å². The van der Waals surface area contributed by atoms with Crippen molar-refractivity contribution in [3.8, 4) is 11.5 Å². The summed E-state index contributed by atoms with van der Waals surface area (Å²) in [5.74, 6) is 0.581. The molecule has 0 aromatic heterocycles. The van der Waals surface area contributed by atoms with Crippen molar-refractivity contribution in [2.75, 3.05) is 18.5 Å². The number of hydrogen-bond acceptors (Lipinski definition) is 4. The summed E-state index contributed by atoms with van der Waals surface area (Å²) < 4.78 is 11.4. The van der Waals surface area contributed by atoms with E-state index in [0.717, 1.165) is 0 Å². The summed E-state index contributed by atoms with van der Waals surface area (Å²) in [5.41, 5.74) is 0.951. The Kier molecular flexibility index (Phi) is 5.85. The first kappa shape index (κ1) is 18.4. The highest BCUT2D eigenvalue weighted by atomic mass is 35.5. The number of rotatable bonds is 5. The molecule has 8 heteroatoms. The highest BCUT2D eigenvalue weighted by Gasteiger charge is 2.21. The average Bonchev–Trinajstić information content (AvgIpc) is 2.66. The van der Waals surface area contributed by atoms with Gasteiger partial charge in [0.2, 0.25) is 0 Å². The van der Waals surface area contributed by atoms with Gasteiger partial charge in [0, 0.05) is 11.3 Å². The molecule has 0 radical (unpaired) electrons. The number of hydrogen-bond donors (Lipinski definition) is 2. The Bertz CT molecular complexity index is 796. The summed E-state index contributed by atoms with van der Waals surface area (Å²) in [6, 6.07) is 13.8. The molecule has 1 unspecified atom stereocenters. The zero-order valence-electron chi connectivity index (χ0n) is 13.6. The van der Waals surface area contributed by atoms with Gasteiger partial charge in [0.1, 0.15) is 12.7 Å². The predicted molar refractivity (Wildman–Crippen MR) is 99.3 cm³/mol. The maximum atomic E-state index is 12.2. The number of amides is 2. The Balaban J connectivity index is 1.52. The molecule has 26 heavy (non-hydrogen) atoms. The van der Waals surface area contributed by atoms with Crippen molar-refractivity contribution < 1.29 is 19.1 Å². The molecule has 2 aromatic rings. The first-order chi connectivity index (χ1) is 12.5. The Hall–Kier alpha value is -2.44. The molecule has 0 bridgehead atoms. The summed E-state index contributed by atoms with van der Waals surface area (Å²) in [6.07, 6.45) is -0.267. The Morgan fingerprint density at radius 1 is 1.08 bits per heavy atom. The lowest BCUT2D eigenvalue weighted by atomic mass is 10.2. The van der Waals surface area contributed by atoms with E-state index in [9.17, 15) is 9.59 Å². The standard InChI is InChI=1S/C18H16Cl2N2O4/c19-16(20)18(24)22-12-7-5-11(6-8-12)17(23)21-9-13-10-25-14-3-1-2-4-15(14)26-13/h1-8,13,16H,9-10H2,(H,21,23)(H,22,24). The van der Waals surface area contributed by atoms with Crippen LogP contribution in [0.3, 0.4) is 0 Å². The lowest BCUT2D eigenvalue weighted by Gasteiger charge is -2.26. The number of anilines is 1. The second-order valence-corrected chi connectivity index (χ2v) is 6.67. The molecule has 1 heterocycles. The van der Waals surface area contributed by atoms with Crippen LogP contribution in [0.5, 0.6) is 11.5 Å². The predicted octanol–water partition coefficient (Wildman–Crippen LogP) is 3.00. The van der Waals surface area contributed by atoms with E-state index in [-0.39, 0.29) is 12.0 Å². The van der Waals surface area contributed by atoms with E-state index in [4.69, 9.17) is 32.7 Å². The van der Waals surface area contributed by atoms with Crippen LogP contribution in [0, 0.1) is 0 Å². The van der Waals surface area contributed by atoms with E-state index in [1.54, 1.807) is 24.3 Å². The van der Waals surface area contributed by atoms with Crippen molar-refractivity contribution in [1.29, 1.82) is 0 Å². The second kappa shape index (κ2) is 8.29. The molecule has 3 rings (SSSR count). The molecule has 0 saturated heterocycles. The molecule has 0 fully saturated rings. The smallest absolute Gasteiger partial charge is 0.257 e. The third kappa shape index (κ3) is 4.59. The zero-order chi connectivity index (χ0) is 18.5. The summed E-state index contributed by atoms with van der Waals surface area (Å²) in [4.78, 5) is 22.5. The molecule has 2 amide bonds. The van der Waals surface area contributed by atoms with Crippen molar-refractivity contribution in [2.24, 2.45) is 0 Å². The van der Waals surface area contributed by atoms with Crippen molar-refractivity contribution in [3.63, 3.8) is 0 Å². The third-order valence-electron chi connectivity index (χ3n) is 3.67. The minimum Gasteiger partial charge on any atom is -0.486 e. The number of carbonyl (C=O) groups excluding carboxylic acids is 2. The first-order valence-corrected chi connectivity index (χ1v) is 8.76. The summed E-state index contributed by atoms with van der Waals surface area (Å²) in [7, 11) is 0. The normalized spacial score (nSPS) is 15.4. The fourth-order valence-corrected chi connectivity index (χ4v) is 2.48. The van der Waals surface area contributed by atoms with Gasteiger partial charge in [0.05, 0.1) is 6.54 Å². The summed E-state index contributed by atoms with van der Waals surface area (Å²) in [5, 5.41) is 5.33. The quantitative estimate of drug-likeness (QED) is 0.764. The number of benzene rings is 2. The van der Waals surface area contributed by atoms with Gasteiger partial charge in [-0.3, -0.25) is 9.59 Å². The van der Waals surface area contributed by atoms with Gasteiger partial charge in [0.15, 0.2) is 16.3 Å². The lowest BCUT2D eigenvalue weighted by Crippen LogP contribution is -2.40. The number of ether oxygens (including phenoxy) is 2. The van der Waals surface area contributed by atoms with Gasteiger partial charge in [-0.2, -0.15) is 0 Å². The Morgan fingerprint density at radius 3 is 2.46 bits per heavy atom. The van der Waals surface area contributed by atoms with Crippen LogP contribution >= 0.6 is 23.2 Å². The molecule has 0 aliphatic carbocycles. The third-order valence-corrected chi connectivity index (χ3v) is 4.07. The van der Waals surface area contributed by atoms with Crippen LogP contribution in [0.25, 0.3) is 0 Å². The molecule has 0 saturated carbocycles. The molecule has 2 aromatic carbocycles. The monoisotopic (exact) mass is 394 g/mol. The number of carbonyl (C=O) groups is 2. The molecule has 2 N–H and O–H groups in total. The van der Waals surface area contributed by atoms with Crippen molar-refractivity contribution in [1.82, 2.24) is 5.32 Å². The largest absolute Gasteiger partial charge is 0.486 e. The molecular formula is C18H16Cl2N2O4. The maximum Gasteiger partial charge on any atom is 0.257 e. The van der Waals surface area contributed by atoms with Gasteiger partial charge < -0.3 is 20.1 Å². The van der Waals surface area contributed by atoms with Crippen LogP contribution in [0.15, 0.2) is 48.5 Å². The van der Waals surface area contributed by atoms with Crippen LogP contribution in [0.1, 0.15) is 10.4 Å². The molecule has 1 atom stereocenters. The first-order valence-electron chi connectivity index (χ1n) is 7.88. The minimum absolute atomic E-state index is 0.252. The number of alkyl halides is 2. The number of nitrogens with one attached hydrogen (secondary N) is 2. The second-order valence-electron chi connectivity index (χ2n) is 5.57. The van der Waals surface area contributed by atoms with Gasteiger partial charge in [-0.15, -0.1) is 0 Å². The van der Waals surface area contributed by atoms with Gasteiger partial charge in [-0.1, -0.05) is 35.3 Å². The fourth-order valence-electron chi connectivity index (χ4n) is 2.37. The number of para-hydroxylation sites is 2. The topological polar surface area (TPSA) is 76.7 Å². The number of fused-ring (bicyclic) bond motifs is 1. The highest BCUT2D eigenvalue weighted by molar-refractivity contribution is 6.54. The van der Waals surface area contributed by atoms with E-state index >= 15 is 0 Å². The molecule has 1 aliphatic heterocycles. The van der Waals surface area contributed by atoms with E-state index in [2.05, 4.69) is 10.6 Å². The van der Waals surface area contributed by atoms with Crippen molar-refractivity contribution in [3.05, 3.63) is 54.1 Å².